The number of carbonyl (C=O) groups excluding carboxylic acids is 3. The van der Waals surface area contributed by atoms with Gasteiger partial charge in [-0.05, 0) is 41.8 Å². The van der Waals surface area contributed by atoms with Crippen LogP contribution in [0.5, 0.6) is 0 Å². The van der Waals surface area contributed by atoms with Crippen molar-refractivity contribution >= 4 is 33.9 Å². The van der Waals surface area contributed by atoms with Gasteiger partial charge in [0.05, 0.1) is 6.42 Å². The van der Waals surface area contributed by atoms with Crippen molar-refractivity contribution in [3.05, 3.63) is 77.4 Å². The molecule has 4 nitrogen and oxygen atoms in total. The summed E-state index contributed by atoms with van der Waals surface area (Å²) in [5.41, 5.74) is 2.87. The van der Waals surface area contributed by atoms with Gasteiger partial charge in [0.2, 0.25) is 5.78 Å². The van der Waals surface area contributed by atoms with E-state index in [1.807, 2.05) is 56.3 Å². The number of carbonyl (C=O) groups is 3. The first-order valence-electron chi connectivity index (χ1n) is 8.38. The second kappa shape index (κ2) is 7.31. The molecule has 0 radical (unpaired) electrons. The monoisotopic (exact) mass is 345 g/mol. The fourth-order valence-corrected chi connectivity index (χ4v) is 2.85. The molecule has 0 atom stereocenters. The number of amides is 1. The molecule has 0 aliphatic heterocycles. The van der Waals surface area contributed by atoms with Gasteiger partial charge in [-0.1, -0.05) is 54.6 Å². The Labute approximate surface area is 151 Å². The summed E-state index contributed by atoms with van der Waals surface area (Å²) in [6.45, 7) is 3.75. The van der Waals surface area contributed by atoms with E-state index in [1.54, 1.807) is 18.2 Å². The van der Waals surface area contributed by atoms with Gasteiger partial charge in [0, 0.05) is 11.3 Å². The van der Waals surface area contributed by atoms with E-state index in [0.717, 1.165) is 21.9 Å². The number of fused-ring (bicyclic) bond motifs is 1. The first-order chi connectivity index (χ1) is 12.5. The molecule has 0 bridgehead atoms. The van der Waals surface area contributed by atoms with Crippen molar-refractivity contribution in [3.8, 4) is 0 Å². The number of ketones is 2. The van der Waals surface area contributed by atoms with Gasteiger partial charge in [-0.15, -0.1) is 0 Å². The fraction of sp³-hybridized carbons (Fsp3) is 0.136. The summed E-state index contributed by atoms with van der Waals surface area (Å²) in [5, 5.41) is 4.31. The summed E-state index contributed by atoms with van der Waals surface area (Å²) in [5.74, 6) is -1.88. The molecule has 3 aromatic carbocycles. The number of hydrogen-bond donors (Lipinski definition) is 1. The molecule has 3 aromatic rings. The molecule has 1 amide bonds. The quantitative estimate of drug-likeness (QED) is 0.427. The maximum Gasteiger partial charge on any atom is 0.292 e. The maximum absolute atomic E-state index is 12.5. The second-order valence-electron chi connectivity index (χ2n) is 6.32. The molecule has 0 unspecified atom stereocenters. The van der Waals surface area contributed by atoms with E-state index < -0.39 is 18.1 Å². The van der Waals surface area contributed by atoms with E-state index in [9.17, 15) is 14.4 Å². The molecule has 0 fully saturated rings. The number of benzene rings is 3. The van der Waals surface area contributed by atoms with Crippen molar-refractivity contribution in [3.63, 3.8) is 0 Å². The molecule has 0 aliphatic carbocycles. The van der Waals surface area contributed by atoms with Gasteiger partial charge in [-0.25, -0.2) is 0 Å². The zero-order valence-electron chi connectivity index (χ0n) is 14.7. The minimum atomic E-state index is -0.771. The van der Waals surface area contributed by atoms with E-state index in [0.29, 0.717) is 11.3 Å². The van der Waals surface area contributed by atoms with Gasteiger partial charge in [0.1, 0.15) is 0 Å². The van der Waals surface area contributed by atoms with Crippen molar-refractivity contribution in [2.45, 2.75) is 20.3 Å². The van der Waals surface area contributed by atoms with Crippen LogP contribution in [0.1, 0.15) is 27.9 Å². The maximum atomic E-state index is 12.5. The Balaban J connectivity index is 1.75. The standard InChI is InChI=1S/C22H19NO3/c1-14-10-11-15(2)19(12-14)23-22(26)21(25)13-20(24)18-9-5-7-16-6-3-4-8-17(16)18/h3-12H,13H2,1-2H3,(H,23,26). The topological polar surface area (TPSA) is 63.2 Å². The summed E-state index contributed by atoms with van der Waals surface area (Å²) in [4.78, 5) is 37.0. The smallest absolute Gasteiger partial charge is 0.292 e. The van der Waals surface area contributed by atoms with E-state index in [4.69, 9.17) is 0 Å². The van der Waals surface area contributed by atoms with Crippen LogP contribution in [-0.2, 0) is 9.59 Å². The first kappa shape index (κ1) is 17.5. The normalized spacial score (nSPS) is 10.5. The Kier molecular flexibility index (Phi) is 4.94. The molecule has 4 heteroatoms. The third-order valence-corrected chi connectivity index (χ3v) is 4.31. The van der Waals surface area contributed by atoms with Crippen LogP contribution in [-0.4, -0.2) is 17.5 Å². The minimum absolute atomic E-state index is 0.358. The average Bonchev–Trinajstić information content (AvgIpc) is 2.64. The lowest BCUT2D eigenvalue weighted by Crippen LogP contribution is -2.25. The van der Waals surface area contributed by atoms with Crippen molar-refractivity contribution in [2.75, 3.05) is 5.32 Å². The van der Waals surface area contributed by atoms with Crippen LogP contribution in [0.4, 0.5) is 5.69 Å². The van der Waals surface area contributed by atoms with Crippen LogP contribution >= 0.6 is 0 Å². The predicted molar refractivity (Wildman–Crippen MR) is 102 cm³/mol. The Morgan fingerprint density at radius 2 is 1.62 bits per heavy atom. The summed E-state index contributed by atoms with van der Waals surface area (Å²) in [7, 11) is 0. The highest BCUT2D eigenvalue weighted by molar-refractivity contribution is 6.44. The van der Waals surface area contributed by atoms with Gasteiger partial charge in [-0.3, -0.25) is 14.4 Å². The van der Waals surface area contributed by atoms with Crippen molar-refractivity contribution in [2.24, 2.45) is 0 Å². The van der Waals surface area contributed by atoms with Crippen molar-refractivity contribution in [1.29, 1.82) is 0 Å². The van der Waals surface area contributed by atoms with Gasteiger partial charge < -0.3 is 5.32 Å². The third-order valence-electron chi connectivity index (χ3n) is 4.31. The largest absolute Gasteiger partial charge is 0.319 e. The zero-order valence-corrected chi connectivity index (χ0v) is 14.7. The lowest BCUT2D eigenvalue weighted by Gasteiger charge is -2.09. The summed E-state index contributed by atoms with van der Waals surface area (Å²) >= 11 is 0. The van der Waals surface area contributed by atoms with Crippen LogP contribution in [0.25, 0.3) is 10.8 Å². The van der Waals surface area contributed by atoms with E-state index in [2.05, 4.69) is 5.32 Å². The van der Waals surface area contributed by atoms with Crippen molar-refractivity contribution < 1.29 is 14.4 Å². The Morgan fingerprint density at radius 1 is 0.885 bits per heavy atom. The highest BCUT2D eigenvalue weighted by atomic mass is 16.2. The van der Waals surface area contributed by atoms with Crippen molar-refractivity contribution in [1.82, 2.24) is 0 Å². The average molecular weight is 345 g/mol. The van der Waals surface area contributed by atoms with Crippen LogP contribution < -0.4 is 5.32 Å². The molecule has 0 aromatic heterocycles. The molecule has 130 valence electrons. The Morgan fingerprint density at radius 3 is 2.42 bits per heavy atom. The first-order valence-corrected chi connectivity index (χ1v) is 8.38. The number of anilines is 1. The molecule has 1 N–H and O–H groups in total. The number of rotatable bonds is 5. The molecule has 0 saturated heterocycles. The number of nitrogens with one attached hydrogen (secondary N) is 1. The number of aryl methyl sites for hydroxylation is 2. The van der Waals surface area contributed by atoms with E-state index in [-0.39, 0.29) is 5.78 Å². The van der Waals surface area contributed by atoms with Gasteiger partial charge in [0.15, 0.2) is 5.78 Å². The fourth-order valence-electron chi connectivity index (χ4n) is 2.85. The molecule has 0 heterocycles. The van der Waals surface area contributed by atoms with Crippen LogP contribution in [0.2, 0.25) is 0 Å². The minimum Gasteiger partial charge on any atom is -0.319 e. The third kappa shape index (κ3) is 3.70. The molecular weight excluding hydrogens is 326 g/mol. The summed E-state index contributed by atoms with van der Waals surface area (Å²) in [6.07, 6.45) is -0.454. The zero-order chi connectivity index (χ0) is 18.7. The Hall–Kier alpha value is -3.27. The number of hydrogen-bond acceptors (Lipinski definition) is 3. The van der Waals surface area contributed by atoms with Gasteiger partial charge in [-0.2, -0.15) is 0 Å². The molecule has 0 saturated carbocycles. The highest BCUT2D eigenvalue weighted by Gasteiger charge is 2.20. The van der Waals surface area contributed by atoms with E-state index >= 15 is 0 Å². The molecule has 0 spiro atoms. The predicted octanol–water partition coefficient (Wildman–Crippen LogP) is 4.24. The lowest BCUT2D eigenvalue weighted by molar-refractivity contribution is -0.134. The number of Topliss-reactive ketones (excluding diaryl/α,β-unsaturated/α-hetero) is 2. The lowest BCUT2D eigenvalue weighted by atomic mass is 9.98. The van der Waals surface area contributed by atoms with E-state index in [1.165, 1.54) is 0 Å². The molecular formula is C22H19NO3. The summed E-state index contributed by atoms with van der Waals surface area (Å²) < 4.78 is 0. The Bertz CT molecular complexity index is 1020. The summed E-state index contributed by atoms with van der Waals surface area (Å²) in [6, 6.07) is 18.4. The molecule has 0 aliphatic rings. The van der Waals surface area contributed by atoms with Crippen LogP contribution in [0.3, 0.4) is 0 Å². The molecule has 3 rings (SSSR count). The molecule has 26 heavy (non-hydrogen) atoms. The van der Waals surface area contributed by atoms with Gasteiger partial charge in [0.25, 0.3) is 5.91 Å². The van der Waals surface area contributed by atoms with Crippen LogP contribution in [0.15, 0.2) is 60.7 Å². The second-order valence-corrected chi connectivity index (χ2v) is 6.32. The van der Waals surface area contributed by atoms with Gasteiger partial charge >= 0.3 is 0 Å². The highest BCUT2D eigenvalue weighted by Crippen LogP contribution is 2.20. The van der Waals surface area contributed by atoms with Crippen LogP contribution in [0, 0.1) is 13.8 Å². The SMILES string of the molecule is Cc1ccc(C)c(NC(=O)C(=O)CC(=O)c2cccc3ccccc23)c1.